The Morgan fingerprint density at radius 1 is 1.15 bits per heavy atom. The third-order valence-electron chi connectivity index (χ3n) is 7.03. The number of aromatic nitrogens is 2. The molecule has 178 valence electrons. The SMILES string of the molecule is O=C([O-])C[C@H](O)C[C@H](O)/C=C/c1c2c(nn1-c1ccc(F)cc1)C(C1CCCCC1)CCC2. The van der Waals surface area contributed by atoms with Crippen molar-refractivity contribution in [2.75, 3.05) is 0 Å². The fourth-order valence-electron chi connectivity index (χ4n) is 5.45. The summed E-state index contributed by atoms with van der Waals surface area (Å²) in [5.74, 6) is -0.615. The van der Waals surface area contributed by atoms with E-state index in [-0.39, 0.29) is 12.2 Å². The van der Waals surface area contributed by atoms with Crippen molar-refractivity contribution in [3.8, 4) is 5.69 Å². The highest BCUT2D eigenvalue weighted by Crippen LogP contribution is 2.44. The molecule has 33 heavy (non-hydrogen) atoms. The number of nitrogens with zero attached hydrogens (tertiary/aromatic N) is 2. The van der Waals surface area contributed by atoms with E-state index in [4.69, 9.17) is 5.10 Å². The van der Waals surface area contributed by atoms with Crippen LogP contribution in [-0.2, 0) is 11.2 Å². The van der Waals surface area contributed by atoms with Crippen molar-refractivity contribution in [3.05, 3.63) is 53.1 Å². The monoisotopic (exact) mass is 455 g/mol. The minimum absolute atomic E-state index is 0.0952. The van der Waals surface area contributed by atoms with Gasteiger partial charge in [-0.05, 0) is 68.4 Å². The molecule has 1 fully saturated rings. The van der Waals surface area contributed by atoms with Gasteiger partial charge in [0.05, 0.1) is 29.3 Å². The number of hydrogen-bond donors (Lipinski definition) is 2. The summed E-state index contributed by atoms with van der Waals surface area (Å²) in [6.07, 6.45) is 9.96. The zero-order valence-corrected chi connectivity index (χ0v) is 18.8. The molecule has 1 aromatic heterocycles. The maximum atomic E-state index is 13.6. The van der Waals surface area contributed by atoms with E-state index < -0.39 is 24.6 Å². The number of rotatable bonds is 8. The Balaban J connectivity index is 1.66. The van der Waals surface area contributed by atoms with Gasteiger partial charge in [-0.15, -0.1) is 0 Å². The van der Waals surface area contributed by atoms with Crippen molar-refractivity contribution in [3.63, 3.8) is 0 Å². The Labute approximate surface area is 193 Å². The van der Waals surface area contributed by atoms with Crippen LogP contribution in [0.2, 0.25) is 0 Å². The summed E-state index contributed by atoms with van der Waals surface area (Å²) in [4.78, 5) is 10.7. The predicted octanol–water partition coefficient (Wildman–Crippen LogP) is 3.28. The van der Waals surface area contributed by atoms with E-state index in [0.29, 0.717) is 11.8 Å². The molecule has 0 amide bonds. The number of carboxylic acid groups (broad SMARTS) is 1. The molecule has 1 aromatic carbocycles. The highest BCUT2D eigenvalue weighted by Gasteiger charge is 2.33. The number of aliphatic hydroxyl groups excluding tert-OH is 2. The molecule has 0 aliphatic heterocycles. The average molecular weight is 456 g/mol. The second-order valence-corrected chi connectivity index (χ2v) is 9.43. The fourth-order valence-corrected chi connectivity index (χ4v) is 5.45. The Kier molecular flexibility index (Phi) is 7.60. The number of fused-ring (bicyclic) bond motifs is 1. The van der Waals surface area contributed by atoms with Crippen molar-refractivity contribution in [2.45, 2.75) is 82.3 Å². The van der Waals surface area contributed by atoms with Crippen LogP contribution < -0.4 is 5.11 Å². The van der Waals surface area contributed by atoms with Gasteiger partial charge < -0.3 is 20.1 Å². The largest absolute Gasteiger partial charge is 0.550 e. The number of aliphatic hydroxyl groups is 2. The molecule has 4 rings (SSSR count). The van der Waals surface area contributed by atoms with Gasteiger partial charge in [-0.3, -0.25) is 0 Å². The number of carbonyl (C=O) groups excluding carboxylic acids is 1. The highest BCUT2D eigenvalue weighted by atomic mass is 19.1. The lowest BCUT2D eigenvalue weighted by Crippen LogP contribution is -2.29. The lowest BCUT2D eigenvalue weighted by molar-refractivity contribution is -0.307. The normalized spacial score (nSPS) is 21.1. The second kappa shape index (κ2) is 10.6. The summed E-state index contributed by atoms with van der Waals surface area (Å²) >= 11 is 0. The fraction of sp³-hybridized carbons (Fsp3) is 0.538. The summed E-state index contributed by atoms with van der Waals surface area (Å²) in [5.41, 5.74) is 3.88. The summed E-state index contributed by atoms with van der Waals surface area (Å²) in [6.45, 7) is 0. The standard InChI is InChI=1S/C26H33FN2O4/c27-18-9-11-19(12-10-18)29-24(14-13-20(30)15-21(31)16-25(32)33)23-8-4-7-22(26(23)28-29)17-5-2-1-3-6-17/h9-14,17,20-22,30-31H,1-8,15-16H2,(H,32,33)/p-1/b14-13+/t20-,21-,22?/m1/s1. The molecule has 2 N–H and O–H groups in total. The van der Waals surface area contributed by atoms with Gasteiger partial charge in [-0.25, -0.2) is 9.07 Å². The van der Waals surface area contributed by atoms with Crippen LogP contribution >= 0.6 is 0 Å². The van der Waals surface area contributed by atoms with Crippen molar-refractivity contribution >= 4 is 12.0 Å². The van der Waals surface area contributed by atoms with Gasteiger partial charge in [0.1, 0.15) is 5.82 Å². The Hall–Kier alpha value is -2.51. The van der Waals surface area contributed by atoms with Crippen LogP contribution in [0.3, 0.4) is 0 Å². The van der Waals surface area contributed by atoms with Gasteiger partial charge in [0.2, 0.25) is 0 Å². The molecule has 0 radical (unpaired) electrons. The van der Waals surface area contributed by atoms with Gasteiger partial charge in [0.15, 0.2) is 0 Å². The Morgan fingerprint density at radius 2 is 1.88 bits per heavy atom. The van der Waals surface area contributed by atoms with E-state index >= 15 is 0 Å². The van der Waals surface area contributed by atoms with E-state index in [1.807, 2.05) is 4.68 Å². The van der Waals surface area contributed by atoms with Gasteiger partial charge in [0, 0.05) is 30.3 Å². The smallest absolute Gasteiger partial charge is 0.123 e. The molecule has 7 heteroatoms. The summed E-state index contributed by atoms with van der Waals surface area (Å²) in [6, 6.07) is 6.21. The number of carboxylic acids is 1. The molecule has 1 saturated carbocycles. The third-order valence-corrected chi connectivity index (χ3v) is 7.03. The maximum absolute atomic E-state index is 13.6. The maximum Gasteiger partial charge on any atom is 0.123 e. The van der Waals surface area contributed by atoms with Crippen LogP contribution in [0.15, 0.2) is 30.3 Å². The van der Waals surface area contributed by atoms with Crippen molar-refractivity contribution in [1.29, 1.82) is 0 Å². The number of carbonyl (C=O) groups is 1. The van der Waals surface area contributed by atoms with Crippen molar-refractivity contribution in [1.82, 2.24) is 9.78 Å². The highest BCUT2D eigenvalue weighted by molar-refractivity contribution is 5.64. The second-order valence-electron chi connectivity index (χ2n) is 9.43. The lowest BCUT2D eigenvalue weighted by Gasteiger charge is -2.32. The first kappa shape index (κ1) is 23.6. The van der Waals surface area contributed by atoms with Crippen LogP contribution in [0.4, 0.5) is 4.39 Å². The molecule has 1 heterocycles. The van der Waals surface area contributed by atoms with Crippen LogP contribution in [0.1, 0.15) is 80.7 Å². The van der Waals surface area contributed by atoms with Gasteiger partial charge >= 0.3 is 0 Å². The third kappa shape index (κ3) is 5.71. The molecule has 0 saturated heterocycles. The van der Waals surface area contributed by atoms with E-state index in [9.17, 15) is 24.5 Å². The molecule has 1 unspecified atom stereocenters. The first-order valence-electron chi connectivity index (χ1n) is 12.0. The molecule has 3 atom stereocenters. The van der Waals surface area contributed by atoms with Crippen molar-refractivity contribution in [2.24, 2.45) is 5.92 Å². The topological polar surface area (TPSA) is 98.4 Å². The van der Waals surface area contributed by atoms with Crippen LogP contribution in [0.25, 0.3) is 11.8 Å². The average Bonchev–Trinajstić information content (AvgIpc) is 3.17. The van der Waals surface area contributed by atoms with Gasteiger partial charge in [-0.1, -0.05) is 25.3 Å². The van der Waals surface area contributed by atoms with Gasteiger partial charge in [-0.2, -0.15) is 5.10 Å². The summed E-state index contributed by atoms with van der Waals surface area (Å²) < 4.78 is 15.4. The zero-order valence-electron chi connectivity index (χ0n) is 18.8. The predicted molar refractivity (Wildman–Crippen MR) is 121 cm³/mol. The summed E-state index contributed by atoms with van der Waals surface area (Å²) in [7, 11) is 0. The van der Waals surface area contributed by atoms with E-state index in [1.165, 1.54) is 49.8 Å². The molecular weight excluding hydrogens is 423 g/mol. The van der Waals surface area contributed by atoms with E-state index in [1.54, 1.807) is 24.3 Å². The number of benzene rings is 1. The minimum atomic E-state index is -1.35. The molecule has 0 bridgehead atoms. The van der Waals surface area contributed by atoms with Crippen LogP contribution in [0.5, 0.6) is 0 Å². The Morgan fingerprint density at radius 3 is 2.58 bits per heavy atom. The molecule has 2 aliphatic rings. The molecule has 2 aromatic rings. The van der Waals surface area contributed by atoms with E-state index in [0.717, 1.165) is 36.3 Å². The van der Waals surface area contributed by atoms with Crippen LogP contribution in [-0.4, -0.2) is 38.2 Å². The molecule has 0 spiro atoms. The minimum Gasteiger partial charge on any atom is -0.550 e. The molecular formula is C26H32FN2O4-. The summed E-state index contributed by atoms with van der Waals surface area (Å²) in [5, 5.41) is 35.8. The number of aliphatic carboxylic acids is 1. The number of halogens is 1. The number of hydrogen-bond acceptors (Lipinski definition) is 5. The first-order chi connectivity index (χ1) is 15.9. The van der Waals surface area contributed by atoms with E-state index in [2.05, 4.69) is 0 Å². The lowest BCUT2D eigenvalue weighted by atomic mass is 9.73. The quantitative estimate of drug-likeness (QED) is 0.637. The Bertz CT molecular complexity index is 979. The zero-order chi connectivity index (χ0) is 23.4. The van der Waals surface area contributed by atoms with Gasteiger partial charge in [0.25, 0.3) is 0 Å². The van der Waals surface area contributed by atoms with Crippen LogP contribution in [0, 0.1) is 11.7 Å². The first-order valence-corrected chi connectivity index (χ1v) is 12.0. The molecule has 6 nitrogen and oxygen atoms in total. The molecule has 2 aliphatic carbocycles. The van der Waals surface area contributed by atoms with Crippen molar-refractivity contribution < 1.29 is 24.5 Å².